The van der Waals surface area contributed by atoms with E-state index in [4.69, 9.17) is 0 Å². The van der Waals surface area contributed by atoms with E-state index in [2.05, 4.69) is 11.1 Å². The molecule has 102 valence electrons. The van der Waals surface area contributed by atoms with Crippen LogP contribution in [0.1, 0.15) is 27.6 Å². The Kier molecular flexibility index (Phi) is 3.54. The molecule has 3 rings (SSSR count). The van der Waals surface area contributed by atoms with E-state index < -0.39 is 0 Å². The quantitative estimate of drug-likeness (QED) is 0.727. The van der Waals surface area contributed by atoms with Crippen molar-refractivity contribution in [1.82, 2.24) is 9.88 Å². The Morgan fingerprint density at radius 1 is 1.25 bits per heavy atom. The fourth-order valence-electron chi connectivity index (χ4n) is 1.98. The molecule has 0 aliphatic heterocycles. The van der Waals surface area contributed by atoms with Gasteiger partial charge in [0.1, 0.15) is 5.01 Å². The number of rotatable bonds is 3. The van der Waals surface area contributed by atoms with E-state index in [1.54, 1.807) is 16.2 Å². The third-order valence-corrected chi connectivity index (χ3v) is 5.37. The van der Waals surface area contributed by atoms with E-state index in [0.29, 0.717) is 0 Å². The maximum atomic E-state index is 12.3. The lowest BCUT2D eigenvalue weighted by atomic mass is 10.3. The molecule has 0 radical (unpaired) electrons. The van der Waals surface area contributed by atoms with Crippen LogP contribution in [0, 0.1) is 0 Å². The van der Waals surface area contributed by atoms with Crippen LogP contribution >= 0.6 is 22.7 Å². The van der Waals surface area contributed by atoms with Crippen LogP contribution in [0.5, 0.6) is 0 Å². The summed E-state index contributed by atoms with van der Waals surface area (Å²) in [6, 6.07) is 11.8. The van der Waals surface area contributed by atoms with Gasteiger partial charge in [-0.05, 0) is 30.5 Å². The molecule has 2 heterocycles. The molecule has 0 aliphatic carbocycles. The van der Waals surface area contributed by atoms with Crippen LogP contribution in [0.25, 0.3) is 10.2 Å². The molecule has 20 heavy (non-hydrogen) atoms. The average molecular weight is 302 g/mol. The summed E-state index contributed by atoms with van der Waals surface area (Å²) in [4.78, 5) is 19.5. The molecule has 5 heteroatoms. The summed E-state index contributed by atoms with van der Waals surface area (Å²) in [5, 5.41) is 2.89. The lowest BCUT2D eigenvalue weighted by Crippen LogP contribution is -2.28. The van der Waals surface area contributed by atoms with E-state index in [9.17, 15) is 4.79 Å². The van der Waals surface area contributed by atoms with Crippen LogP contribution in [0.4, 0.5) is 0 Å². The average Bonchev–Trinajstić information content (AvgIpc) is 3.13. The first-order valence-corrected chi connectivity index (χ1v) is 8.02. The van der Waals surface area contributed by atoms with Crippen LogP contribution in [-0.4, -0.2) is 22.8 Å². The highest BCUT2D eigenvalue weighted by molar-refractivity contribution is 7.18. The van der Waals surface area contributed by atoms with Crippen molar-refractivity contribution in [1.29, 1.82) is 0 Å². The number of nitrogens with zero attached hydrogens (tertiary/aromatic N) is 2. The van der Waals surface area contributed by atoms with Gasteiger partial charge < -0.3 is 4.90 Å². The first kappa shape index (κ1) is 13.3. The van der Waals surface area contributed by atoms with Crippen molar-refractivity contribution in [2.75, 3.05) is 7.05 Å². The minimum absolute atomic E-state index is 0.0259. The Bertz CT molecular complexity index is 700. The molecule has 0 saturated heterocycles. The van der Waals surface area contributed by atoms with Gasteiger partial charge in [0.05, 0.1) is 21.1 Å². The molecule has 0 aliphatic rings. The number of thiophene rings is 1. The second-order valence-electron chi connectivity index (χ2n) is 4.59. The third-order valence-electron chi connectivity index (χ3n) is 3.30. The summed E-state index contributed by atoms with van der Waals surface area (Å²) < 4.78 is 1.16. The van der Waals surface area contributed by atoms with Crippen molar-refractivity contribution < 1.29 is 4.79 Å². The molecular weight excluding hydrogens is 288 g/mol. The van der Waals surface area contributed by atoms with Crippen molar-refractivity contribution in [3.8, 4) is 0 Å². The Morgan fingerprint density at radius 3 is 2.75 bits per heavy atom. The van der Waals surface area contributed by atoms with Gasteiger partial charge in [0.25, 0.3) is 5.91 Å². The molecule has 0 fully saturated rings. The van der Waals surface area contributed by atoms with Crippen molar-refractivity contribution >= 4 is 38.8 Å². The number of carbonyl (C=O) groups excluding carboxylic acids is 1. The Balaban J connectivity index is 1.87. The van der Waals surface area contributed by atoms with Crippen molar-refractivity contribution in [2.45, 2.75) is 13.0 Å². The number of aromatic nitrogens is 1. The topological polar surface area (TPSA) is 33.2 Å². The summed E-state index contributed by atoms with van der Waals surface area (Å²) in [5.74, 6) is 0.0479. The first-order chi connectivity index (χ1) is 9.66. The van der Waals surface area contributed by atoms with E-state index in [-0.39, 0.29) is 11.9 Å². The molecule has 0 unspecified atom stereocenters. The zero-order chi connectivity index (χ0) is 14.1. The Hall–Kier alpha value is -1.72. The van der Waals surface area contributed by atoms with Gasteiger partial charge in [0.15, 0.2) is 0 Å². The highest BCUT2D eigenvalue weighted by Crippen LogP contribution is 2.29. The molecule has 1 atom stereocenters. The van der Waals surface area contributed by atoms with Crippen LogP contribution in [-0.2, 0) is 0 Å². The monoisotopic (exact) mass is 302 g/mol. The second kappa shape index (κ2) is 5.34. The van der Waals surface area contributed by atoms with Crippen LogP contribution in [0.3, 0.4) is 0 Å². The zero-order valence-electron chi connectivity index (χ0n) is 11.2. The number of para-hydroxylation sites is 1. The zero-order valence-corrected chi connectivity index (χ0v) is 12.9. The van der Waals surface area contributed by atoms with Gasteiger partial charge in [-0.2, -0.15) is 0 Å². The van der Waals surface area contributed by atoms with E-state index in [1.807, 2.05) is 49.7 Å². The maximum absolute atomic E-state index is 12.3. The van der Waals surface area contributed by atoms with Gasteiger partial charge >= 0.3 is 0 Å². The van der Waals surface area contributed by atoms with E-state index in [1.165, 1.54) is 11.3 Å². The number of amides is 1. The molecule has 0 N–H and O–H groups in total. The number of benzene rings is 1. The maximum Gasteiger partial charge on any atom is 0.264 e. The summed E-state index contributed by atoms with van der Waals surface area (Å²) >= 11 is 3.12. The predicted molar refractivity (Wildman–Crippen MR) is 84.4 cm³/mol. The number of hydrogen-bond donors (Lipinski definition) is 0. The SMILES string of the molecule is C[C@H](c1nc2ccccc2s1)N(C)C(=O)c1cccs1. The van der Waals surface area contributed by atoms with E-state index >= 15 is 0 Å². The van der Waals surface area contributed by atoms with Crippen LogP contribution in [0.15, 0.2) is 41.8 Å². The second-order valence-corrected chi connectivity index (χ2v) is 6.60. The predicted octanol–water partition coefficient (Wildman–Crippen LogP) is 4.19. The van der Waals surface area contributed by atoms with Crippen LogP contribution in [0.2, 0.25) is 0 Å². The van der Waals surface area contributed by atoms with Gasteiger partial charge in [0, 0.05) is 7.05 Å². The van der Waals surface area contributed by atoms with Crippen LogP contribution < -0.4 is 0 Å². The minimum Gasteiger partial charge on any atom is -0.332 e. The first-order valence-electron chi connectivity index (χ1n) is 6.33. The summed E-state index contributed by atoms with van der Waals surface area (Å²) in [5.41, 5.74) is 0.997. The highest BCUT2D eigenvalue weighted by atomic mass is 32.1. The molecule has 3 aromatic rings. The molecule has 0 saturated carbocycles. The number of hydrogen-bond acceptors (Lipinski definition) is 4. The molecule has 3 nitrogen and oxygen atoms in total. The normalized spacial score (nSPS) is 12.5. The Labute approximate surface area is 125 Å². The summed E-state index contributed by atoms with van der Waals surface area (Å²) in [7, 11) is 1.83. The number of thiazole rings is 1. The van der Waals surface area contributed by atoms with Gasteiger partial charge in [-0.25, -0.2) is 4.98 Å². The standard InChI is InChI=1S/C15H14N2OS2/c1-10(17(2)15(18)13-8-5-9-19-13)14-16-11-6-3-4-7-12(11)20-14/h3-10H,1-2H3/t10-/m1/s1. The molecule has 1 amide bonds. The fourth-order valence-corrected chi connectivity index (χ4v) is 3.75. The summed E-state index contributed by atoms with van der Waals surface area (Å²) in [6.07, 6.45) is 0. The van der Waals surface area contributed by atoms with Gasteiger partial charge in [0.2, 0.25) is 0 Å². The van der Waals surface area contributed by atoms with Crippen molar-refractivity contribution in [3.63, 3.8) is 0 Å². The molecular formula is C15H14N2OS2. The highest BCUT2D eigenvalue weighted by Gasteiger charge is 2.22. The van der Waals surface area contributed by atoms with E-state index in [0.717, 1.165) is 20.1 Å². The lowest BCUT2D eigenvalue weighted by Gasteiger charge is -2.22. The van der Waals surface area contributed by atoms with Crippen molar-refractivity contribution in [2.24, 2.45) is 0 Å². The molecule has 0 bridgehead atoms. The molecule has 0 spiro atoms. The molecule has 2 aromatic heterocycles. The summed E-state index contributed by atoms with van der Waals surface area (Å²) in [6.45, 7) is 2.02. The smallest absolute Gasteiger partial charge is 0.264 e. The fraction of sp³-hybridized carbons (Fsp3) is 0.200. The largest absolute Gasteiger partial charge is 0.332 e. The van der Waals surface area contributed by atoms with Gasteiger partial charge in [-0.15, -0.1) is 22.7 Å². The Morgan fingerprint density at radius 2 is 2.05 bits per heavy atom. The van der Waals surface area contributed by atoms with Gasteiger partial charge in [-0.3, -0.25) is 4.79 Å². The number of carbonyl (C=O) groups is 1. The minimum atomic E-state index is -0.0259. The number of fused-ring (bicyclic) bond motifs is 1. The molecule has 1 aromatic carbocycles. The van der Waals surface area contributed by atoms with Crippen molar-refractivity contribution in [3.05, 3.63) is 51.7 Å². The third kappa shape index (κ3) is 2.34. The van der Waals surface area contributed by atoms with Gasteiger partial charge in [-0.1, -0.05) is 18.2 Å². The lowest BCUT2D eigenvalue weighted by molar-refractivity contribution is 0.0747.